The average molecular weight is 320 g/mol. The highest BCUT2D eigenvalue weighted by Crippen LogP contribution is 2.30. The molecule has 1 aromatic heterocycles. The Kier molecular flexibility index (Phi) is 2.78. The molecule has 0 amide bonds. The number of nitrogens with zero attached hydrogens (tertiary/aromatic N) is 2. The third-order valence-electron chi connectivity index (χ3n) is 3.14. The molecule has 0 bridgehead atoms. The van der Waals surface area contributed by atoms with E-state index < -0.39 is 5.82 Å². The van der Waals surface area contributed by atoms with Gasteiger partial charge in [0.15, 0.2) is 0 Å². The summed E-state index contributed by atoms with van der Waals surface area (Å²) in [5.41, 5.74) is 8.35. The largest absolute Gasteiger partial charge is 0.396 e. The zero-order chi connectivity index (χ0) is 13.6. The molecule has 5 heteroatoms. The number of aryl methyl sites for hydroxylation is 1. The second kappa shape index (κ2) is 4.35. The van der Waals surface area contributed by atoms with Crippen molar-refractivity contribution in [2.75, 3.05) is 5.73 Å². The van der Waals surface area contributed by atoms with Crippen molar-refractivity contribution in [3.63, 3.8) is 0 Å². The first kappa shape index (κ1) is 12.2. The number of rotatable bonds is 1. The summed E-state index contributed by atoms with van der Waals surface area (Å²) in [5.74, 6) is 0.232. The number of fused-ring (bicyclic) bond motifs is 1. The van der Waals surface area contributed by atoms with E-state index in [-0.39, 0.29) is 5.69 Å². The first-order valence-corrected chi connectivity index (χ1v) is 6.53. The highest BCUT2D eigenvalue weighted by atomic mass is 79.9. The lowest BCUT2D eigenvalue weighted by Crippen LogP contribution is -1.99. The molecule has 0 saturated carbocycles. The summed E-state index contributed by atoms with van der Waals surface area (Å²) >= 11 is 3.41. The Morgan fingerprint density at radius 2 is 2.05 bits per heavy atom. The summed E-state index contributed by atoms with van der Waals surface area (Å²) in [4.78, 5) is 4.53. The molecule has 0 spiro atoms. The topological polar surface area (TPSA) is 43.8 Å². The average Bonchev–Trinajstić information content (AvgIpc) is 2.69. The highest BCUT2D eigenvalue weighted by molar-refractivity contribution is 9.10. The van der Waals surface area contributed by atoms with Gasteiger partial charge in [-0.15, -0.1) is 0 Å². The number of hydrogen-bond acceptors (Lipinski definition) is 2. The molecule has 0 unspecified atom stereocenters. The van der Waals surface area contributed by atoms with Gasteiger partial charge in [0.25, 0.3) is 0 Å². The van der Waals surface area contributed by atoms with Gasteiger partial charge in [0.2, 0.25) is 0 Å². The minimum atomic E-state index is -0.425. The summed E-state index contributed by atoms with van der Waals surface area (Å²) in [5, 5.41) is 0. The Morgan fingerprint density at radius 1 is 1.26 bits per heavy atom. The third kappa shape index (κ3) is 1.90. The van der Waals surface area contributed by atoms with Gasteiger partial charge in [0.1, 0.15) is 11.6 Å². The molecule has 96 valence electrons. The second-order valence-electron chi connectivity index (χ2n) is 4.33. The maximum atomic E-state index is 13.5. The summed E-state index contributed by atoms with van der Waals surface area (Å²) in [6, 6.07) is 10.6. The zero-order valence-electron chi connectivity index (χ0n) is 10.2. The van der Waals surface area contributed by atoms with E-state index in [1.54, 1.807) is 12.1 Å². The van der Waals surface area contributed by atoms with E-state index in [4.69, 9.17) is 5.73 Å². The summed E-state index contributed by atoms with van der Waals surface area (Å²) < 4.78 is 16.4. The Bertz CT molecular complexity index is 780. The molecule has 0 radical (unpaired) electrons. The molecular formula is C14H11BrFN3. The molecule has 3 rings (SSSR count). The monoisotopic (exact) mass is 319 g/mol. The van der Waals surface area contributed by atoms with Crippen molar-refractivity contribution < 1.29 is 4.39 Å². The van der Waals surface area contributed by atoms with E-state index in [2.05, 4.69) is 20.9 Å². The SMILES string of the molecule is Cn1c(-c2cccc(F)c2N)nc2cc(Br)ccc21. The van der Waals surface area contributed by atoms with Crippen LogP contribution in [0.3, 0.4) is 0 Å². The molecule has 0 aliphatic heterocycles. The molecule has 0 fully saturated rings. The van der Waals surface area contributed by atoms with Gasteiger partial charge in [-0.05, 0) is 30.3 Å². The van der Waals surface area contributed by atoms with Crippen LogP contribution in [0.15, 0.2) is 40.9 Å². The maximum Gasteiger partial charge on any atom is 0.146 e. The van der Waals surface area contributed by atoms with E-state index in [1.165, 1.54) is 6.07 Å². The predicted molar refractivity (Wildman–Crippen MR) is 78.2 cm³/mol. The van der Waals surface area contributed by atoms with E-state index in [0.717, 1.165) is 15.5 Å². The molecule has 0 saturated heterocycles. The van der Waals surface area contributed by atoms with Gasteiger partial charge in [-0.25, -0.2) is 9.37 Å². The van der Waals surface area contributed by atoms with Crippen LogP contribution < -0.4 is 5.73 Å². The number of aromatic nitrogens is 2. The normalized spacial score (nSPS) is 11.1. The number of hydrogen-bond donors (Lipinski definition) is 1. The molecule has 2 aromatic carbocycles. The molecular weight excluding hydrogens is 309 g/mol. The Balaban J connectivity index is 2.31. The summed E-state index contributed by atoms with van der Waals surface area (Å²) in [7, 11) is 1.89. The Hall–Kier alpha value is -1.88. The molecule has 19 heavy (non-hydrogen) atoms. The molecule has 1 heterocycles. The zero-order valence-corrected chi connectivity index (χ0v) is 11.8. The van der Waals surface area contributed by atoms with E-state index in [1.807, 2.05) is 29.8 Å². The third-order valence-corrected chi connectivity index (χ3v) is 3.63. The van der Waals surface area contributed by atoms with Crippen LogP contribution in [0.5, 0.6) is 0 Å². The van der Waals surface area contributed by atoms with E-state index >= 15 is 0 Å². The van der Waals surface area contributed by atoms with Crippen LogP contribution in [0.4, 0.5) is 10.1 Å². The lowest BCUT2D eigenvalue weighted by molar-refractivity contribution is 0.632. The van der Waals surface area contributed by atoms with Gasteiger partial charge in [0.05, 0.1) is 16.7 Å². The van der Waals surface area contributed by atoms with Gasteiger partial charge in [0, 0.05) is 17.1 Å². The Labute approximate surface area is 118 Å². The summed E-state index contributed by atoms with van der Waals surface area (Å²) in [6.07, 6.45) is 0. The molecule has 3 nitrogen and oxygen atoms in total. The van der Waals surface area contributed by atoms with Gasteiger partial charge in [-0.1, -0.05) is 22.0 Å². The van der Waals surface area contributed by atoms with Crippen LogP contribution in [-0.4, -0.2) is 9.55 Å². The van der Waals surface area contributed by atoms with Crippen molar-refractivity contribution >= 4 is 32.7 Å². The van der Waals surface area contributed by atoms with Crippen molar-refractivity contribution in [1.29, 1.82) is 0 Å². The molecule has 0 aliphatic rings. The first-order valence-electron chi connectivity index (χ1n) is 5.74. The van der Waals surface area contributed by atoms with E-state index in [9.17, 15) is 4.39 Å². The van der Waals surface area contributed by atoms with Crippen LogP contribution >= 0.6 is 15.9 Å². The van der Waals surface area contributed by atoms with Gasteiger partial charge < -0.3 is 10.3 Å². The highest BCUT2D eigenvalue weighted by Gasteiger charge is 2.14. The van der Waals surface area contributed by atoms with E-state index in [0.29, 0.717) is 11.4 Å². The smallest absolute Gasteiger partial charge is 0.146 e. The fourth-order valence-corrected chi connectivity index (χ4v) is 2.49. The fraction of sp³-hybridized carbons (Fsp3) is 0.0714. The maximum absolute atomic E-state index is 13.5. The molecule has 0 atom stereocenters. The Morgan fingerprint density at radius 3 is 2.84 bits per heavy atom. The molecule has 0 aliphatic carbocycles. The van der Waals surface area contributed by atoms with Crippen molar-refractivity contribution in [2.24, 2.45) is 7.05 Å². The predicted octanol–water partition coefficient (Wildman–Crippen LogP) is 3.72. The summed E-state index contributed by atoms with van der Waals surface area (Å²) in [6.45, 7) is 0. The number of halogens is 2. The van der Waals surface area contributed by atoms with Crippen molar-refractivity contribution in [2.45, 2.75) is 0 Å². The molecule has 3 aromatic rings. The fourth-order valence-electron chi connectivity index (χ4n) is 2.15. The van der Waals surface area contributed by atoms with Crippen LogP contribution in [-0.2, 0) is 7.05 Å². The van der Waals surface area contributed by atoms with Crippen LogP contribution in [0.1, 0.15) is 0 Å². The quantitative estimate of drug-likeness (QED) is 0.695. The number of nitrogen functional groups attached to an aromatic ring is 1. The minimum Gasteiger partial charge on any atom is -0.396 e. The first-order chi connectivity index (χ1) is 9.08. The number of para-hydroxylation sites is 1. The second-order valence-corrected chi connectivity index (χ2v) is 5.24. The van der Waals surface area contributed by atoms with Crippen molar-refractivity contribution in [3.8, 4) is 11.4 Å². The van der Waals surface area contributed by atoms with Crippen LogP contribution in [0.25, 0.3) is 22.4 Å². The lowest BCUT2D eigenvalue weighted by Gasteiger charge is -2.06. The standard InChI is InChI=1S/C14H11BrFN3/c1-19-12-6-5-8(15)7-11(12)18-14(19)9-3-2-4-10(16)13(9)17/h2-7H,17H2,1H3. The number of imidazole rings is 1. The van der Waals surface area contributed by atoms with Crippen LogP contribution in [0.2, 0.25) is 0 Å². The molecule has 2 N–H and O–H groups in total. The van der Waals surface area contributed by atoms with Gasteiger partial charge in [-0.2, -0.15) is 0 Å². The lowest BCUT2D eigenvalue weighted by atomic mass is 10.1. The van der Waals surface area contributed by atoms with Crippen LogP contribution in [0, 0.1) is 5.82 Å². The number of benzene rings is 2. The van der Waals surface area contributed by atoms with Gasteiger partial charge >= 0.3 is 0 Å². The minimum absolute atomic E-state index is 0.125. The van der Waals surface area contributed by atoms with Crippen molar-refractivity contribution in [1.82, 2.24) is 9.55 Å². The van der Waals surface area contributed by atoms with Crippen molar-refractivity contribution in [3.05, 3.63) is 46.7 Å². The van der Waals surface area contributed by atoms with Gasteiger partial charge in [-0.3, -0.25) is 0 Å². The number of nitrogens with two attached hydrogens (primary N) is 1. The number of anilines is 1.